The molecule has 0 aliphatic rings. The number of carbonyl (C=O) groups excluding carboxylic acids is 2. The third kappa shape index (κ3) is 5.33. The van der Waals surface area contributed by atoms with E-state index in [1.165, 1.54) is 0 Å². The number of carbonyl (C=O) groups is 2. The molecule has 30 heavy (non-hydrogen) atoms. The highest BCUT2D eigenvalue weighted by Gasteiger charge is 2.23. The lowest BCUT2D eigenvalue weighted by atomic mass is 9.95. The number of benzene rings is 3. The van der Waals surface area contributed by atoms with E-state index in [2.05, 4.69) is 0 Å². The Morgan fingerprint density at radius 1 is 0.767 bits per heavy atom. The zero-order chi connectivity index (χ0) is 21.5. The molecule has 5 heteroatoms. The van der Waals surface area contributed by atoms with Crippen molar-refractivity contribution in [1.29, 1.82) is 0 Å². The van der Waals surface area contributed by atoms with Gasteiger partial charge >= 0.3 is 6.16 Å². The first-order chi connectivity index (χ1) is 14.5. The van der Waals surface area contributed by atoms with Crippen LogP contribution in [0.5, 0.6) is 0 Å². The Kier molecular flexibility index (Phi) is 6.99. The first kappa shape index (κ1) is 21.3. The minimum Gasteiger partial charge on any atom is -0.419 e. The largest absolute Gasteiger partial charge is 0.541 e. The van der Waals surface area contributed by atoms with E-state index in [0.717, 1.165) is 16.7 Å². The Bertz CT molecular complexity index is 994. The molecule has 154 valence electrons. The summed E-state index contributed by atoms with van der Waals surface area (Å²) < 4.78 is 5.57. The van der Waals surface area contributed by atoms with E-state index in [1.54, 1.807) is 50.2 Å². The van der Waals surface area contributed by atoms with Crippen LogP contribution in [0.4, 0.5) is 4.79 Å². The van der Waals surface area contributed by atoms with Crippen molar-refractivity contribution in [3.63, 3.8) is 0 Å². The van der Waals surface area contributed by atoms with Crippen molar-refractivity contribution in [2.75, 3.05) is 0 Å². The smallest absolute Gasteiger partial charge is 0.419 e. The lowest BCUT2D eigenvalue weighted by Crippen LogP contribution is -2.17. The zero-order valence-corrected chi connectivity index (χ0v) is 17.2. The summed E-state index contributed by atoms with van der Waals surface area (Å²) in [5.74, 6) is -0.0692. The van der Waals surface area contributed by atoms with Gasteiger partial charge in [-0.2, -0.15) is 4.89 Å². The van der Waals surface area contributed by atoms with Gasteiger partial charge in [0.15, 0.2) is 11.9 Å². The van der Waals surface area contributed by atoms with Gasteiger partial charge in [0.05, 0.1) is 6.10 Å². The lowest BCUT2D eigenvalue weighted by Gasteiger charge is -2.20. The predicted molar refractivity (Wildman–Crippen MR) is 113 cm³/mol. The van der Waals surface area contributed by atoms with Crippen LogP contribution in [0.25, 0.3) is 0 Å². The Morgan fingerprint density at radius 2 is 1.37 bits per heavy atom. The summed E-state index contributed by atoms with van der Waals surface area (Å²) in [6.07, 6.45) is -1.91. The molecule has 0 fully saturated rings. The third-order valence-electron chi connectivity index (χ3n) is 4.51. The second-order valence-electron chi connectivity index (χ2n) is 7.15. The molecule has 0 aliphatic heterocycles. The van der Waals surface area contributed by atoms with Crippen LogP contribution in [0.1, 0.15) is 52.6 Å². The maximum absolute atomic E-state index is 12.7. The van der Waals surface area contributed by atoms with Gasteiger partial charge < -0.3 is 4.74 Å². The van der Waals surface area contributed by atoms with Crippen LogP contribution in [-0.2, 0) is 14.5 Å². The summed E-state index contributed by atoms with van der Waals surface area (Å²) >= 11 is 0. The van der Waals surface area contributed by atoms with Crippen molar-refractivity contribution in [2.45, 2.75) is 33.0 Å². The summed E-state index contributed by atoms with van der Waals surface area (Å²) in [6.45, 7) is 5.43. The minimum absolute atomic E-state index is 0.0692. The first-order valence-corrected chi connectivity index (χ1v) is 9.75. The van der Waals surface area contributed by atoms with Gasteiger partial charge in [-0.1, -0.05) is 78.9 Å². The highest BCUT2D eigenvalue weighted by Crippen LogP contribution is 2.29. The molecule has 3 aromatic carbocycles. The van der Waals surface area contributed by atoms with E-state index in [1.807, 2.05) is 49.4 Å². The SMILES string of the molecule is Cc1ccccc1C(OC(=O)OOC(C)C)c1ccc(C(=O)c2ccccc2)cc1. The molecule has 0 N–H and O–H groups in total. The summed E-state index contributed by atoms with van der Waals surface area (Å²) in [5, 5.41) is 0. The molecule has 3 aromatic rings. The van der Waals surface area contributed by atoms with Crippen LogP contribution in [0.3, 0.4) is 0 Å². The number of hydrogen-bond donors (Lipinski definition) is 0. The zero-order valence-electron chi connectivity index (χ0n) is 17.2. The average molecular weight is 404 g/mol. The highest BCUT2D eigenvalue weighted by molar-refractivity contribution is 6.08. The molecule has 1 unspecified atom stereocenters. The van der Waals surface area contributed by atoms with Crippen molar-refractivity contribution in [1.82, 2.24) is 0 Å². The van der Waals surface area contributed by atoms with Crippen LogP contribution >= 0.6 is 0 Å². The predicted octanol–water partition coefficient (Wildman–Crippen LogP) is 5.81. The van der Waals surface area contributed by atoms with Gasteiger partial charge in [0.2, 0.25) is 0 Å². The van der Waals surface area contributed by atoms with Crippen LogP contribution in [0.2, 0.25) is 0 Å². The molecule has 0 aliphatic carbocycles. The van der Waals surface area contributed by atoms with Gasteiger partial charge in [0.25, 0.3) is 0 Å². The molecule has 5 nitrogen and oxygen atoms in total. The van der Waals surface area contributed by atoms with E-state index in [-0.39, 0.29) is 11.9 Å². The van der Waals surface area contributed by atoms with Gasteiger partial charge in [-0.05, 0) is 31.9 Å². The Hall–Kier alpha value is -3.44. The fourth-order valence-corrected chi connectivity index (χ4v) is 3.01. The number of aryl methyl sites for hydroxylation is 1. The van der Waals surface area contributed by atoms with E-state index < -0.39 is 12.3 Å². The van der Waals surface area contributed by atoms with Crippen molar-refractivity contribution in [3.8, 4) is 0 Å². The van der Waals surface area contributed by atoms with E-state index >= 15 is 0 Å². The monoisotopic (exact) mass is 404 g/mol. The second kappa shape index (κ2) is 9.85. The minimum atomic E-state index is -0.929. The molecular formula is C25H24O5. The normalized spacial score (nSPS) is 11.7. The topological polar surface area (TPSA) is 61.8 Å². The summed E-state index contributed by atoms with van der Waals surface area (Å²) in [4.78, 5) is 34.4. The Morgan fingerprint density at radius 3 is 2.00 bits per heavy atom. The number of rotatable bonds is 7. The summed E-state index contributed by atoms with van der Waals surface area (Å²) in [5.41, 5.74) is 3.67. The van der Waals surface area contributed by atoms with E-state index in [4.69, 9.17) is 14.5 Å². The van der Waals surface area contributed by atoms with Gasteiger partial charge in [-0.3, -0.25) is 9.68 Å². The number of ketones is 1. The summed E-state index contributed by atoms with van der Waals surface area (Å²) in [6, 6.07) is 23.7. The average Bonchev–Trinajstić information content (AvgIpc) is 2.77. The molecule has 0 saturated heterocycles. The van der Waals surface area contributed by atoms with Gasteiger partial charge in [0, 0.05) is 16.7 Å². The van der Waals surface area contributed by atoms with Crippen LogP contribution in [0, 0.1) is 6.92 Å². The van der Waals surface area contributed by atoms with Crippen LogP contribution < -0.4 is 0 Å². The number of ether oxygens (including phenoxy) is 1. The van der Waals surface area contributed by atoms with E-state index in [9.17, 15) is 9.59 Å². The molecular weight excluding hydrogens is 380 g/mol. The molecule has 0 spiro atoms. The Labute approximate surface area is 176 Å². The lowest BCUT2D eigenvalue weighted by molar-refractivity contribution is -0.280. The standard InChI is InChI=1S/C25H24O5/c1-17(2)29-30-25(27)28-24(22-12-8-7-9-18(22)3)21-15-13-20(14-16-21)23(26)19-10-5-4-6-11-19/h4-17,24H,1-3H3. The summed E-state index contributed by atoms with van der Waals surface area (Å²) in [7, 11) is 0. The molecule has 1 atom stereocenters. The maximum atomic E-state index is 12.7. The van der Waals surface area contributed by atoms with Crippen molar-refractivity contribution >= 4 is 11.9 Å². The van der Waals surface area contributed by atoms with Crippen molar-refractivity contribution in [3.05, 3.63) is 107 Å². The Balaban J connectivity index is 1.87. The molecule has 0 radical (unpaired) electrons. The first-order valence-electron chi connectivity index (χ1n) is 9.75. The molecule has 0 heterocycles. The molecule has 3 rings (SSSR count). The second-order valence-corrected chi connectivity index (χ2v) is 7.15. The van der Waals surface area contributed by atoms with Crippen LogP contribution in [-0.4, -0.2) is 18.0 Å². The van der Waals surface area contributed by atoms with Crippen molar-refractivity contribution < 1.29 is 24.1 Å². The van der Waals surface area contributed by atoms with Gasteiger partial charge in [0.1, 0.15) is 0 Å². The maximum Gasteiger partial charge on any atom is 0.541 e. The molecule has 0 amide bonds. The van der Waals surface area contributed by atoms with Crippen molar-refractivity contribution in [2.24, 2.45) is 0 Å². The molecule has 0 saturated carbocycles. The quantitative estimate of drug-likeness (QED) is 0.215. The van der Waals surface area contributed by atoms with Gasteiger partial charge in [-0.25, -0.2) is 4.79 Å². The van der Waals surface area contributed by atoms with Gasteiger partial charge in [-0.15, -0.1) is 0 Å². The fraction of sp³-hybridized carbons (Fsp3) is 0.200. The van der Waals surface area contributed by atoms with E-state index in [0.29, 0.717) is 11.1 Å². The van der Waals surface area contributed by atoms with Crippen LogP contribution in [0.15, 0.2) is 78.9 Å². The highest BCUT2D eigenvalue weighted by atomic mass is 17.2. The molecule has 0 aromatic heterocycles. The molecule has 0 bridgehead atoms. The fourth-order valence-electron chi connectivity index (χ4n) is 3.01. The third-order valence-corrected chi connectivity index (χ3v) is 4.51. The number of hydrogen-bond acceptors (Lipinski definition) is 5.